The van der Waals surface area contributed by atoms with Gasteiger partial charge in [-0.3, -0.25) is 14.4 Å². The molecule has 4 heterocycles. The van der Waals surface area contributed by atoms with Crippen LogP contribution in [0.1, 0.15) is 16.7 Å². The van der Waals surface area contributed by atoms with Crippen LogP contribution < -0.4 is 4.90 Å². The van der Waals surface area contributed by atoms with Crippen LogP contribution in [0.15, 0.2) is 72.8 Å². The molecule has 0 bridgehead atoms. The summed E-state index contributed by atoms with van der Waals surface area (Å²) in [5, 5.41) is 9.71. The first-order chi connectivity index (χ1) is 18.9. The summed E-state index contributed by atoms with van der Waals surface area (Å²) >= 11 is 1.56. The zero-order valence-corrected chi connectivity index (χ0v) is 23.0. The smallest absolute Gasteiger partial charge is 0.251 e. The second-order valence-electron chi connectivity index (χ2n) is 10.9. The van der Waals surface area contributed by atoms with Crippen molar-refractivity contribution in [2.24, 2.45) is 11.8 Å². The Morgan fingerprint density at radius 3 is 2.54 bits per heavy atom. The average molecular weight is 544 g/mol. The fourth-order valence-corrected chi connectivity index (χ4v) is 8.72. The molecule has 39 heavy (non-hydrogen) atoms. The molecule has 2 aromatic carbocycles. The molecule has 0 aliphatic carbocycles. The van der Waals surface area contributed by atoms with Gasteiger partial charge in [-0.1, -0.05) is 66.8 Å². The van der Waals surface area contributed by atoms with Crippen molar-refractivity contribution in [1.29, 1.82) is 0 Å². The lowest BCUT2D eigenvalue weighted by Crippen LogP contribution is -2.54. The average Bonchev–Trinajstić information content (AvgIpc) is 3.24. The molecule has 7 nitrogen and oxygen atoms in total. The number of β-amino-alcohol motifs (C(OH)–C–C–N with tert-alkyl or cyclic N) is 1. The van der Waals surface area contributed by atoms with Gasteiger partial charge in [-0.15, -0.1) is 11.8 Å². The molecule has 0 radical (unpaired) electrons. The number of hydrogen-bond acceptors (Lipinski definition) is 5. The highest BCUT2D eigenvalue weighted by atomic mass is 32.2. The van der Waals surface area contributed by atoms with Gasteiger partial charge in [-0.25, -0.2) is 0 Å². The van der Waals surface area contributed by atoms with Crippen LogP contribution in [0.5, 0.6) is 0 Å². The molecule has 5 atom stereocenters. The molecule has 1 spiro atoms. The Bertz CT molecular complexity index is 1380. The monoisotopic (exact) mass is 543 g/mol. The molecule has 3 amide bonds. The molecule has 1 N–H and O–H groups in total. The summed E-state index contributed by atoms with van der Waals surface area (Å²) in [5.74, 6) is -1.72. The van der Waals surface area contributed by atoms with E-state index in [-0.39, 0.29) is 36.1 Å². The van der Waals surface area contributed by atoms with Gasteiger partial charge in [0.25, 0.3) is 5.91 Å². The third kappa shape index (κ3) is 4.12. The number of hydrogen-bond donors (Lipinski definition) is 1. The van der Waals surface area contributed by atoms with Gasteiger partial charge in [0.15, 0.2) is 0 Å². The molecule has 2 saturated heterocycles. The van der Waals surface area contributed by atoms with Crippen LogP contribution in [-0.2, 0) is 20.9 Å². The number of likely N-dealkylation sites (tertiary alicyclic amines) is 1. The van der Waals surface area contributed by atoms with Gasteiger partial charge in [0, 0.05) is 37.1 Å². The molecule has 4 aliphatic rings. The summed E-state index contributed by atoms with van der Waals surface area (Å²) in [6, 6.07) is 15.1. The van der Waals surface area contributed by atoms with Crippen LogP contribution in [0.4, 0.5) is 5.69 Å². The number of carbonyl (C=O) groups excluding carboxylic acids is 3. The first-order valence-corrected chi connectivity index (χ1v) is 14.4. The fraction of sp³-hybridized carbons (Fsp3) is 0.387. The zero-order valence-electron chi connectivity index (χ0n) is 22.2. The molecule has 8 heteroatoms. The van der Waals surface area contributed by atoms with Crippen molar-refractivity contribution in [3.63, 3.8) is 0 Å². The number of carbonyl (C=O) groups is 3. The molecule has 1 unspecified atom stereocenters. The Balaban J connectivity index is 1.40. The van der Waals surface area contributed by atoms with Gasteiger partial charge >= 0.3 is 0 Å². The first-order valence-electron chi connectivity index (χ1n) is 13.5. The lowest BCUT2D eigenvalue weighted by atomic mass is 9.78. The van der Waals surface area contributed by atoms with Gasteiger partial charge in [0.1, 0.15) is 6.04 Å². The maximum Gasteiger partial charge on any atom is 0.251 e. The summed E-state index contributed by atoms with van der Waals surface area (Å²) in [5.41, 5.74) is 3.88. The number of fused-ring (bicyclic) bond motifs is 2. The maximum absolute atomic E-state index is 14.4. The van der Waals surface area contributed by atoms with E-state index in [4.69, 9.17) is 0 Å². The summed E-state index contributed by atoms with van der Waals surface area (Å²) in [6.07, 6.45) is 8.07. The number of amides is 3. The molecule has 2 aromatic rings. The topological polar surface area (TPSA) is 81.2 Å². The third-order valence-electron chi connectivity index (χ3n) is 8.45. The molecule has 4 aliphatic heterocycles. The molecule has 0 saturated carbocycles. The quantitative estimate of drug-likeness (QED) is 0.587. The predicted octanol–water partition coefficient (Wildman–Crippen LogP) is 3.09. The predicted molar refractivity (Wildman–Crippen MR) is 152 cm³/mol. The molecule has 202 valence electrons. The Hall–Kier alpha value is -3.36. The number of thioether (sulfide) groups is 1. The summed E-state index contributed by atoms with van der Waals surface area (Å²) in [6.45, 7) is 5.10. The fourth-order valence-electron chi connectivity index (χ4n) is 6.71. The number of aliphatic hydroxyl groups excluding tert-OH is 1. The van der Waals surface area contributed by atoms with Crippen molar-refractivity contribution in [2.45, 2.75) is 36.4 Å². The van der Waals surface area contributed by atoms with Crippen molar-refractivity contribution in [1.82, 2.24) is 9.80 Å². The van der Waals surface area contributed by atoms with Crippen molar-refractivity contribution in [2.75, 3.05) is 31.1 Å². The van der Waals surface area contributed by atoms with E-state index in [0.717, 1.165) is 22.4 Å². The highest BCUT2D eigenvalue weighted by Gasteiger charge is 2.71. The van der Waals surface area contributed by atoms with Crippen LogP contribution in [0, 0.1) is 25.7 Å². The minimum Gasteiger partial charge on any atom is -0.395 e. The minimum absolute atomic E-state index is 0.0532. The van der Waals surface area contributed by atoms with Crippen LogP contribution in [0.2, 0.25) is 0 Å². The summed E-state index contributed by atoms with van der Waals surface area (Å²) in [4.78, 5) is 47.8. The first kappa shape index (κ1) is 25.9. The van der Waals surface area contributed by atoms with Gasteiger partial charge in [0.05, 0.1) is 23.2 Å². The van der Waals surface area contributed by atoms with E-state index in [1.54, 1.807) is 16.7 Å². The van der Waals surface area contributed by atoms with E-state index in [0.29, 0.717) is 19.6 Å². The number of benzene rings is 2. The molecular weight excluding hydrogens is 510 g/mol. The summed E-state index contributed by atoms with van der Waals surface area (Å²) in [7, 11) is 0. The van der Waals surface area contributed by atoms with Crippen LogP contribution in [0.25, 0.3) is 0 Å². The van der Waals surface area contributed by atoms with Gasteiger partial charge in [0.2, 0.25) is 11.8 Å². The standard InChI is InChI=1S/C31H33N3O4S/c1-20-11-12-21(2)23(18-20)33-15-7-13-31-26(29(37)34(16-17-35)27(31)30(33)38)25-24(39-31)10-6-14-32(28(25)36)19-22-8-4-3-5-9-22/h3-13,18,24-27,35H,14-17,19H2,1-2H3/t24-,25+,26+,27?,31+/m1/s1. The van der Waals surface area contributed by atoms with E-state index >= 15 is 0 Å². The van der Waals surface area contributed by atoms with Gasteiger partial charge in [-0.2, -0.15) is 0 Å². The van der Waals surface area contributed by atoms with Crippen molar-refractivity contribution in [3.8, 4) is 0 Å². The Labute approximate surface area is 233 Å². The summed E-state index contributed by atoms with van der Waals surface area (Å²) < 4.78 is -0.888. The van der Waals surface area contributed by atoms with Crippen LogP contribution in [0.3, 0.4) is 0 Å². The Morgan fingerprint density at radius 2 is 1.77 bits per heavy atom. The minimum atomic E-state index is -0.888. The highest BCUT2D eigenvalue weighted by Crippen LogP contribution is 2.61. The third-order valence-corrected chi connectivity index (χ3v) is 10.2. The molecule has 0 aromatic heterocycles. The molecular formula is C31H33N3O4S. The largest absolute Gasteiger partial charge is 0.395 e. The van der Waals surface area contributed by atoms with E-state index in [9.17, 15) is 19.5 Å². The SMILES string of the molecule is Cc1ccc(C)c(N2CC=C[C@]34S[C@@H]5C=CCN(Cc6ccccc6)C(=O)[C@@H]5[C@H]3C(=O)N(CCO)C4C2=O)c1. The number of anilines is 1. The van der Waals surface area contributed by atoms with Gasteiger partial charge < -0.3 is 19.8 Å². The lowest BCUT2D eigenvalue weighted by molar-refractivity contribution is -0.143. The Morgan fingerprint density at radius 1 is 0.974 bits per heavy atom. The van der Waals surface area contributed by atoms with E-state index < -0.39 is 22.6 Å². The lowest BCUT2D eigenvalue weighted by Gasteiger charge is -2.35. The Kier molecular flexibility index (Phi) is 6.63. The number of aryl methyl sites for hydroxylation is 2. The van der Waals surface area contributed by atoms with E-state index in [1.165, 1.54) is 4.90 Å². The van der Waals surface area contributed by atoms with Crippen molar-refractivity contribution in [3.05, 3.63) is 89.5 Å². The zero-order chi connectivity index (χ0) is 27.3. The van der Waals surface area contributed by atoms with Crippen molar-refractivity contribution >= 4 is 35.2 Å². The molecule has 6 rings (SSSR count). The van der Waals surface area contributed by atoms with E-state index in [2.05, 4.69) is 6.08 Å². The molecule has 2 fully saturated rings. The second-order valence-corrected chi connectivity index (χ2v) is 12.4. The van der Waals surface area contributed by atoms with Gasteiger partial charge in [-0.05, 0) is 36.6 Å². The van der Waals surface area contributed by atoms with Crippen LogP contribution in [-0.4, -0.2) is 74.9 Å². The highest BCUT2D eigenvalue weighted by molar-refractivity contribution is 8.02. The second kappa shape index (κ2) is 9.99. The number of aliphatic hydroxyl groups is 1. The normalized spacial score (nSPS) is 29.8. The van der Waals surface area contributed by atoms with Crippen LogP contribution >= 0.6 is 11.8 Å². The number of nitrogens with zero attached hydrogens (tertiary/aromatic N) is 3. The van der Waals surface area contributed by atoms with E-state index in [1.807, 2.05) is 85.5 Å². The van der Waals surface area contributed by atoms with Crippen molar-refractivity contribution < 1.29 is 19.5 Å². The number of rotatable bonds is 5. The maximum atomic E-state index is 14.4.